The highest BCUT2D eigenvalue weighted by Crippen LogP contribution is 2.46. The summed E-state index contributed by atoms with van der Waals surface area (Å²) >= 11 is 0. The maximum atomic E-state index is 11.7. The first kappa shape index (κ1) is 10.2. The highest BCUT2D eigenvalue weighted by Gasteiger charge is 2.57. The number of carbonyl (C=O) groups is 2. The molecule has 4 nitrogen and oxygen atoms in total. The molecule has 0 bridgehead atoms. The highest BCUT2D eigenvalue weighted by molar-refractivity contribution is 6.05. The Morgan fingerprint density at radius 1 is 1.40 bits per heavy atom. The minimum absolute atomic E-state index is 0.0306. The molecule has 2 aliphatic rings. The first-order valence-corrected chi connectivity index (χ1v) is 5.36. The Hall–Kier alpha value is -1.32. The van der Waals surface area contributed by atoms with Crippen LogP contribution in [-0.2, 0) is 9.59 Å². The largest absolute Gasteiger partial charge is 0.480 e. The van der Waals surface area contributed by atoms with Crippen LogP contribution in [0.25, 0.3) is 0 Å². The Kier molecular flexibility index (Phi) is 2.50. The average Bonchev–Trinajstić information content (AvgIpc) is 2.99. The molecule has 1 fully saturated rings. The van der Waals surface area contributed by atoms with E-state index in [4.69, 9.17) is 5.11 Å². The van der Waals surface area contributed by atoms with Crippen LogP contribution in [0.3, 0.4) is 0 Å². The topological polar surface area (TPSA) is 66.4 Å². The number of aliphatic carboxylic acids is 1. The Balaban J connectivity index is 1.95. The Bertz CT molecular complexity index is 318. The second-order valence-corrected chi connectivity index (χ2v) is 4.33. The molecule has 0 heterocycles. The molecule has 15 heavy (non-hydrogen) atoms. The Labute approximate surface area is 88.4 Å². The Morgan fingerprint density at radius 3 is 2.60 bits per heavy atom. The van der Waals surface area contributed by atoms with Gasteiger partial charge in [0.25, 0.3) is 0 Å². The zero-order valence-electron chi connectivity index (χ0n) is 8.53. The van der Waals surface area contributed by atoms with E-state index < -0.39 is 11.4 Å². The third kappa shape index (κ3) is 1.89. The van der Waals surface area contributed by atoms with Crippen LogP contribution in [0.15, 0.2) is 12.2 Å². The summed E-state index contributed by atoms with van der Waals surface area (Å²) < 4.78 is 0. The van der Waals surface area contributed by atoms with E-state index in [0.29, 0.717) is 12.8 Å². The fourth-order valence-electron chi connectivity index (χ4n) is 1.90. The summed E-state index contributed by atoms with van der Waals surface area (Å²) in [5, 5.41) is 11.7. The van der Waals surface area contributed by atoms with Gasteiger partial charge in [0.2, 0.25) is 5.91 Å². The van der Waals surface area contributed by atoms with Crippen molar-refractivity contribution < 1.29 is 14.7 Å². The highest BCUT2D eigenvalue weighted by atomic mass is 16.4. The summed E-state index contributed by atoms with van der Waals surface area (Å²) in [4.78, 5) is 22.6. The van der Waals surface area contributed by atoms with Gasteiger partial charge < -0.3 is 10.4 Å². The number of amides is 1. The van der Waals surface area contributed by atoms with Crippen LogP contribution in [0, 0.1) is 5.41 Å². The molecule has 1 saturated carbocycles. The zero-order chi connectivity index (χ0) is 10.9. The van der Waals surface area contributed by atoms with Crippen molar-refractivity contribution in [2.45, 2.75) is 38.1 Å². The standard InChI is InChI=1S/C11H15NO3/c13-9(11(6-7-11)10(14)15)12-8-4-2-1-3-5-8/h2,4,8H,1,3,5-7H2,(H,12,13)(H,14,15)/t8-/m0/s1. The van der Waals surface area contributed by atoms with Gasteiger partial charge in [-0.05, 0) is 32.1 Å². The van der Waals surface area contributed by atoms with Crippen molar-refractivity contribution in [1.29, 1.82) is 0 Å². The van der Waals surface area contributed by atoms with Gasteiger partial charge in [0, 0.05) is 6.04 Å². The minimum Gasteiger partial charge on any atom is -0.480 e. The molecule has 0 aromatic heterocycles. The Morgan fingerprint density at radius 2 is 2.13 bits per heavy atom. The van der Waals surface area contributed by atoms with Crippen LogP contribution in [-0.4, -0.2) is 23.0 Å². The summed E-state index contributed by atoms with van der Waals surface area (Å²) in [6.45, 7) is 0. The van der Waals surface area contributed by atoms with Gasteiger partial charge in [-0.25, -0.2) is 0 Å². The normalized spacial score (nSPS) is 27.1. The van der Waals surface area contributed by atoms with E-state index in [-0.39, 0.29) is 11.9 Å². The summed E-state index contributed by atoms with van der Waals surface area (Å²) in [5.74, 6) is -1.30. The van der Waals surface area contributed by atoms with E-state index in [0.717, 1.165) is 19.3 Å². The number of hydrogen-bond acceptors (Lipinski definition) is 2. The molecule has 2 rings (SSSR count). The van der Waals surface area contributed by atoms with Crippen LogP contribution >= 0.6 is 0 Å². The van der Waals surface area contributed by atoms with Crippen molar-refractivity contribution in [3.8, 4) is 0 Å². The molecule has 82 valence electrons. The number of nitrogens with one attached hydrogen (secondary N) is 1. The lowest BCUT2D eigenvalue weighted by Gasteiger charge is -2.20. The van der Waals surface area contributed by atoms with Gasteiger partial charge in [-0.3, -0.25) is 9.59 Å². The molecular weight excluding hydrogens is 194 g/mol. The lowest BCUT2D eigenvalue weighted by atomic mass is 10.0. The van der Waals surface area contributed by atoms with Crippen molar-refractivity contribution in [2.24, 2.45) is 5.41 Å². The predicted molar refractivity (Wildman–Crippen MR) is 54.2 cm³/mol. The van der Waals surface area contributed by atoms with Gasteiger partial charge in [-0.15, -0.1) is 0 Å². The number of carbonyl (C=O) groups excluding carboxylic acids is 1. The fraction of sp³-hybridized carbons (Fsp3) is 0.636. The summed E-state index contributed by atoms with van der Waals surface area (Å²) in [5.41, 5.74) is -1.11. The first-order valence-electron chi connectivity index (χ1n) is 5.36. The smallest absolute Gasteiger partial charge is 0.319 e. The van der Waals surface area contributed by atoms with Gasteiger partial charge in [0.15, 0.2) is 0 Å². The monoisotopic (exact) mass is 209 g/mol. The molecule has 2 aliphatic carbocycles. The van der Waals surface area contributed by atoms with E-state index in [1.807, 2.05) is 12.2 Å². The average molecular weight is 209 g/mol. The maximum absolute atomic E-state index is 11.7. The zero-order valence-corrected chi connectivity index (χ0v) is 8.53. The quantitative estimate of drug-likeness (QED) is 0.540. The summed E-state index contributed by atoms with van der Waals surface area (Å²) in [6, 6.07) is 0.0306. The number of allylic oxidation sites excluding steroid dienone is 1. The van der Waals surface area contributed by atoms with Crippen LogP contribution in [0.1, 0.15) is 32.1 Å². The molecule has 0 aliphatic heterocycles. The van der Waals surface area contributed by atoms with Crippen molar-refractivity contribution >= 4 is 11.9 Å². The molecule has 0 radical (unpaired) electrons. The molecule has 0 aromatic rings. The third-order valence-electron chi connectivity index (χ3n) is 3.16. The number of hydrogen-bond donors (Lipinski definition) is 2. The van der Waals surface area contributed by atoms with E-state index >= 15 is 0 Å². The van der Waals surface area contributed by atoms with E-state index in [1.54, 1.807) is 0 Å². The predicted octanol–water partition coefficient (Wildman–Crippen LogP) is 1.08. The molecule has 4 heteroatoms. The second kappa shape index (κ2) is 3.68. The third-order valence-corrected chi connectivity index (χ3v) is 3.16. The fourth-order valence-corrected chi connectivity index (χ4v) is 1.90. The van der Waals surface area contributed by atoms with E-state index in [2.05, 4.69) is 5.32 Å². The summed E-state index contributed by atoms with van der Waals surface area (Å²) in [7, 11) is 0. The lowest BCUT2D eigenvalue weighted by Crippen LogP contribution is -2.42. The minimum atomic E-state index is -1.11. The number of rotatable bonds is 3. The lowest BCUT2D eigenvalue weighted by molar-refractivity contribution is -0.149. The molecule has 0 aromatic carbocycles. The van der Waals surface area contributed by atoms with Gasteiger partial charge in [-0.2, -0.15) is 0 Å². The molecule has 1 atom stereocenters. The van der Waals surface area contributed by atoms with Crippen molar-refractivity contribution in [3.63, 3.8) is 0 Å². The SMILES string of the molecule is O=C(O)C1(C(=O)N[C@H]2C=CCCC2)CC1. The van der Waals surface area contributed by atoms with Gasteiger partial charge in [-0.1, -0.05) is 12.2 Å². The van der Waals surface area contributed by atoms with E-state index in [9.17, 15) is 9.59 Å². The van der Waals surface area contributed by atoms with Crippen LogP contribution in [0.5, 0.6) is 0 Å². The molecule has 2 N–H and O–H groups in total. The molecule has 0 saturated heterocycles. The van der Waals surface area contributed by atoms with Gasteiger partial charge >= 0.3 is 5.97 Å². The van der Waals surface area contributed by atoms with Crippen molar-refractivity contribution in [1.82, 2.24) is 5.32 Å². The van der Waals surface area contributed by atoms with Crippen LogP contribution < -0.4 is 5.32 Å². The van der Waals surface area contributed by atoms with Gasteiger partial charge in [0.05, 0.1) is 0 Å². The van der Waals surface area contributed by atoms with Crippen LogP contribution in [0.2, 0.25) is 0 Å². The first-order chi connectivity index (χ1) is 7.15. The molecule has 0 spiro atoms. The van der Waals surface area contributed by atoms with Crippen molar-refractivity contribution in [3.05, 3.63) is 12.2 Å². The van der Waals surface area contributed by atoms with Gasteiger partial charge in [0.1, 0.15) is 5.41 Å². The maximum Gasteiger partial charge on any atom is 0.319 e. The van der Waals surface area contributed by atoms with Crippen molar-refractivity contribution in [2.75, 3.05) is 0 Å². The number of carboxylic acids is 1. The second-order valence-electron chi connectivity index (χ2n) is 4.33. The van der Waals surface area contributed by atoms with E-state index in [1.165, 1.54) is 0 Å². The molecule has 0 unspecified atom stereocenters. The van der Waals surface area contributed by atoms with Crippen LogP contribution in [0.4, 0.5) is 0 Å². The molecule has 1 amide bonds. The molecular formula is C11H15NO3. The number of carboxylic acid groups (broad SMARTS) is 1. The summed E-state index contributed by atoms with van der Waals surface area (Å²) in [6.07, 6.45) is 7.97.